The molecule has 0 bridgehead atoms. The number of nitrogens with two attached hydrogens (primary N) is 3. The Hall–Kier alpha value is -0.690. The third kappa shape index (κ3) is 6.79. The van der Waals surface area contributed by atoms with Gasteiger partial charge in [-0.05, 0) is 0 Å². The second-order valence-electron chi connectivity index (χ2n) is 2.97. The largest absolute Gasteiger partial charge is 0.354 e. The van der Waals surface area contributed by atoms with Crippen molar-refractivity contribution in [3.63, 3.8) is 0 Å². The van der Waals surface area contributed by atoms with Crippen LogP contribution in [0.2, 0.25) is 0 Å². The lowest BCUT2D eigenvalue weighted by atomic mass is 10.4. The number of nitrogens with zero attached hydrogens (tertiary/aromatic N) is 1. The minimum absolute atomic E-state index is 0.0355. The van der Waals surface area contributed by atoms with Gasteiger partial charge in [-0.15, -0.1) is 0 Å². The Labute approximate surface area is 84.8 Å². The lowest BCUT2D eigenvalue weighted by molar-refractivity contribution is -0.119. The SMILES string of the molecule is NCCN(CCN)CCNC(=O)CN. The highest BCUT2D eigenvalue weighted by Gasteiger charge is 2.02. The molecule has 0 radical (unpaired) electrons. The van der Waals surface area contributed by atoms with Crippen LogP contribution in [0.3, 0.4) is 0 Å². The van der Waals surface area contributed by atoms with Crippen LogP contribution in [0.15, 0.2) is 0 Å². The molecule has 0 saturated heterocycles. The Kier molecular flexibility index (Phi) is 8.45. The van der Waals surface area contributed by atoms with Gasteiger partial charge in [-0.1, -0.05) is 0 Å². The number of carbonyl (C=O) groups excluding carboxylic acids is 1. The molecule has 0 aliphatic heterocycles. The van der Waals surface area contributed by atoms with E-state index in [1.807, 2.05) is 0 Å². The van der Waals surface area contributed by atoms with E-state index >= 15 is 0 Å². The van der Waals surface area contributed by atoms with Gasteiger partial charge in [-0.2, -0.15) is 0 Å². The zero-order valence-corrected chi connectivity index (χ0v) is 8.54. The highest BCUT2D eigenvalue weighted by atomic mass is 16.1. The second kappa shape index (κ2) is 8.89. The number of hydrogen-bond acceptors (Lipinski definition) is 5. The maximum absolute atomic E-state index is 10.8. The van der Waals surface area contributed by atoms with Crippen molar-refractivity contribution < 1.29 is 4.79 Å². The maximum atomic E-state index is 10.8. The fourth-order valence-corrected chi connectivity index (χ4v) is 1.13. The monoisotopic (exact) mass is 203 g/mol. The van der Waals surface area contributed by atoms with Gasteiger partial charge in [0.1, 0.15) is 0 Å². The standard InChI is InChI=1S/C8H21N5O/c9-1-4-13(5-2-10)6-3-12-8(14)7-11/h1-7,9-11H2,(H,12,14). The van der Waals surface area contributed by atoms with Gasteiger partial charge in [0.05, 0.1) is 6.54 Å². The van der Waals surface area contributed by atoms with E-state index in [-0.39, 0.29) is 12.5 Å². The van der Waals surface area contributed by atoms with E-state index in [1.165, 1.54) is 0 Å². The van der Waals surface area contributed by atoms with Gasteiger partial charge >= 0.3 is 0 Å². The Bertz CT molecular complexity index is 147. The van der Waals surface area contributed by atoms with Crippen LogP contribution in [0.25, 0.3) is 0 Å². The zero-order valence-electron chi connectivity index (χ0n) is 8.54. The summed E-state index contributed by atoms with van der Waals surface area (Å²) in [4.78, 5) is 12.9. The smallest absolute Gasteiger partial charge is 0.233 e. The van der Waals surface area contributed by atoms with E-state index in [2.05, 4.69) is 10.2 Å². The van der Waals surface area contributed by atoms with Crippen LogP contribution in [0.4, 0.5) is 0 Å². The van der Waals surface area contributed by atoms with Crippen molar-refractivity contribution in [2.24, 2.45) is 17.2 Å². The Morgan fingerprint density at radius 1 is 1.07 bits per heavy atom. The molecular formula is C8H21N5O. The van der Waals surface area contributed by atoms with Crippen molar-refractivity contribution in [3.8, 4) is 0 Å². The van der Waals surface area contributed by atoms with Crippen molar-refractivity contribution in [2.45, 2.75) is 0 Å². The molecule has 14 heavy (non-hydrogen) atoms. The van der Waals surface area contributed by atoms with Crippen LogP contribution in [0, 0.1) is 0 Å². The van der Waals surface area contributed by atoms with Gasteiger partial charge in [-0.3, -0.25) is 9.69 Å². The lowest BCUT2D eigenvalue weighted by Crippen LogP contribution is -2.41. The highest BCUT2D eigenvalue weighted by molar-refractivity contribution is 5.77. The molecule has 0 atom stereocenters. The summed E-state index contributed by atoms with van der Waals surface area (Å²) < 4.78 is 0. The minimum Gasteiger partial charge on any atom is -0.354 e. The highest BCUT2D eigenvalue weighted by Crippen LogP contribution is 1.83. The topological polar surface area (TPSA) is 110 Å². The quantitative estimate of drug-likeness (QED) is 0.342. The molecule has 6 nitrogen and oxygen atoms in total. The predicted molar refractivity (Wildman–Crippen MR) is 56.6 cm³/mol. The van der Waals surface area contributed by atoms with Gasteiger partial charge in [0.2, 0.25) is 5.91 Å². The van der Waals surface area contributed by atoms with Crippen molar-refractivity contribution in [1.29, 1.82) is 0 Å². The average Bonchev–Trinajstić information content (AvgIpc) is 2.18. The molecule has 0 aromatic carbocycles. The first kappa shape index (κ1) is 13.3. The number of hydrogen-bond donors (Lipinski definition) is 4. The van der Waals surface area contributed by atoms with E-state index < -0.39 is 0 Å². The predicted octanol–water partition coefficient (Wildman–Crippen LogP) is -2.72. The third-order valence-corrected chi connectivity index (χ3v) is 1.83. The van der Waals surface area contributed by atoms with Gasteiger partial charge in [-0.25, -0.2) is 0 Å². The summed E-state index contributed by atoms with van der Waals surface area (Å²) in [6, 6.07) is 0. The van der Waals surface area contributed by atoms with E-state index in [9.17, 15) is 4.79 Å². The molecule has 0 saturated carbocycles. The molecule has 6 heteroatoms. The minimum atomic E-state index is -0.134. The van der Waals surface area contributed by atoms with Crippen molar-refractivity contribution in [2.75, 3.05) is 45.8 Å². The first-order valence-electron chi connectivity index (χ1n) is 4.83. The summed E-state index contributed by atoms with van der Waals surface area (Å²) in [5, 5.41) is 2.69. The second-order valence-corrected chi connectivity index (χ2v) is 2.97. The average molecular weight is 203 g/mol. The fraction of sp³-hybridized carbons (Fsp3) is 0.875. The molecule has 84 valence electrons. The van der Waals surface area contributed by atoms with E-state index in [0.29, 0.717) is 19.6 Å². The summed E-state index contributed by atoms with van der Waals surface area (Å²) in [7, 11) is 0. The molecule has 1 amide bonds. The molecular weight excluding hydrogens is 182 g/mol. The van der Waals surface area contributed by atoms with Crippen LogP contribution in [-0.4, -0.2) is 56.6 Å². The van der Waals surface area contributed by atoms with E-state index in [4.69, 9.17) is 17.2 Å². The fourth-order valence-electron chi connectivity index (χ4n) is 1.13. The molecule has 0 aliphatic rings. The van der Waals surface area contributed by atoms with Crippen LogP contribution in [0.1, 0.15) is 0 Å². The number of nitrogens with one attached hydrogen (secondary N) is 1. The van der Waals surface area contributed by atoms with Gasteiger partial charge < -0.3 is 22.5 Å². The Balaban J connectivity index is 3.54. The molecule has 0 aromatic rings. The molecule has 0 heterocycles. The number of rotatable bonds is 8. The maximum Gasteiger partial charge on any atom is 0.233 e. The van der Waals surface area contributed by atoms with Crippen molar-refractivity contribution in [1.82, 2.24) is 10.2 Å². The van der Waals surface area contributed by atoms with E-state index in [1.54, 1.807) is 0 Å². The third-order valence-electron chi connectivity index (χ3n) is 1.83. The van der Waals surface area contributed by atoms with Crippen molar-refractivity contribution >= 4 is 5.91 Å². The Morgan fingerprint density at radius 2 is 1.64 bits per heavy atom. The molecule has 7 N–H and O–H groups in total. The van der Waals surface area contributed by atoms with Crippen LogP contribution >= 0.6 is 0 Å². The number of carbonyl (C=O) groups is 1. The lowest BCUT2D eigenvalue weighted by Gasteiger charge is -2.20. The van der Waals surface area contributed by atoms with Crippen molar-refractivity contribution in [3.05, 3.63) is 0 Å². The number of amides is 1. The molecule has 0 aliphatic carbocycles. The van der Waals surface area contributed by atoms with Crippen LogP contribution in [-0.2, 0) is 4.79 Å². The summed E-state index contributed by atoms with van der Waals surface area (Å²) in [5.41, 5.74) is 16.0. The zero-order chi connectivity index (χ0) is 10.8. The molecule has 0 aromatic heterocycles. The normalized spacial score (nSPS) is 10.6. The van der Waals surface area contributed by atoms with Crippen LogP contribution in [0.5, 0.6) is 0 Å². The van der Waals surface area contributed by atoms with Gasteiger partial charge in [0.25, 0.3) is 0 Å². The molecule has 0 spiro atoms. The van der Waals surface area contributed by atoms with Gasteiger partial charge in [0, 0.05) is 39.3 Å². The summed E-state index contributed by atoms with van der Waals surface area (Å²) >= 11 is 0. The van der Waals surface area contributed by atoms with E-state index in [0.717, 1.165) is 19.6 Å². The van der Waals surface area contributed by atoms with Crippen LogP contribution < -0.4 is 22.5 Å². The first-order chi connectivity index (χ1) is 6.74. The molecule has 0 rings (SSSR count). The molecule has 0 unspecified atom stereocenters. The summed E-state index contributed by atoms with van der Waals surface area (Å²) in [5.74, 6) is -0.134. The summed E-state index contributed by atoms with van der Waals surface area (Å²) in [6.45, 7) is 4.20. The molecule has 0 fully saturated rings. The summed E-state index contributed by atoms with van der Waals surface area (Å²) in [6.07, 6.45) is 0. The first-order valence-corrected chi connectivity index (χ1v) is 4.83. The Morgan fingerprint density at radius 3 is 2.07 bits per heavy atom. The van der Waals surface area contributed by atoms with Gasteiger partial charge in [0.15, 0.2) is 0 Å².